The molecule has 0 saturated carbocycles. The number of likely N-dealkylation sites (tertiary alicyclic amines) is 1. The van der Waals surface area contributed by atoms with Crippen molar-refractivity contribution < 1.29 is 22.2 Å². The first-order valence-corrected chi connectivity index (χ1v) is 9.60. The van der Waals surface area contributed by atoms with Gasteiger partial charge in [-0.15, -0.1) is 0 Å². The van der Waals surface area contributed by atoms with Crippen LogP contribution < -0.4 is 0 Å². The molecule has 24 heavy (non-hydrogen) atoms. The fourth-order valence-electron chi connectivity index (χ4n) is 2.52. The molecule has 7 heteroatoms. The third-order valence-corrected chi connectivity index (χ3v) is 5.28. The summed E-state index contributed by atoms with van der Waals surface area (Å²) < 4.78 is 29.0. The number of nitrogens with zero attached hydrogens (tertiary/aromatic N) is 1. The average Bonchev–Trinajstić information content (AvgIpc) is 2.69. The molecule has 0 spiro atoms. The van der Waals surface area contributed by atoms with Crippen LogP contribution in [0.2, 0.25) is 0 Å². The van der Waals surface area contributed by atoms with Crippen LogP contribution in [-0.4, -0.2) is 38.3 Å². The van der Waals surface area contributed by atoms with E-state index < -0.39 is 10.1 Å². The number of hydrogen-bond donors (Lipinski definition) is 0. The lowest BCUT2D eigenvalue weighted by Crippen LogP contribution is -2.36. The van der Waals surface area contributed by atoms with E-state index in [2.05, 4.69) is 0 Å². The summed E-state index contributed by atoms with van der Waals surface area (Å²) in [4.78, 5) is 25.1. The zero-order valence-corrected chi connectivity index (χ0v) is 14.7. The highest BCUT2D eigenvalue weighted by atomic mass is 32.2. The fourth-order valence-corrected chi connectivity index (χ4v) is 3.47. The quantitative estimate of drug-likeness (QED) is 0.427. The summed E-state index contributed by atoms with van der Waals surface area (Å²) >= 11 is 0. The lowest BCUT2D eigenvalue weighted by atomic mass is 10.2. The average molecular weight is 353 g/mol. The standard InChI is InChI=1S/C17H23NO5S/c1-14-8-10-15(11-9-14)24(21,22)23-13-5-4-12-18-16(19)6-2-3-7-17(18)20/h8-11H,2-7,12-13H2,1H3. The molecular formula is C17H23NO5S. The van der Waals surface area contributed by atoms with Gasteiger partial charge in [0.05, 0.1) is 11.5 Å². The van der Waals surface area contributed by atoms with E-state index in [-0.39, 0.29) is 23.3 Å². The van der Waals surface area contributed by atoms with Crippen molar-refractivity contribution >= 4 is 21.9 Å². The van der Waals surface area contributed by atoms with Crippen LogP contribution in [0.4, 0.5) is 0 Å². The Hall–Kier alpha value is -1.73. The van der Waals surface area contributed by atoms with Crippen molar-refractivity contribution in [3.63, 3.8) is 0 Å². The molecule has 1 fully saturated rings. The predicted molar refractivity (Wildman–Crippen MR) is 88.7 cm³/mol. The van der Waals surface area contributed by atoms with Gasteiger partial charge in [-0.1, -0.05) is 17.7 Å². The first-order valence-electron chi connectivity index (χ1n) is 8.19. The zero-order chi connectivity index (χ0) is 17.6. The number of amides is 2. The largest absolute Gasteiger partial charge is 0.296 e. The van der Waals surface area contributed by atoms with Gasteiger partial charge in [0.1, 0.15) is 0 Å². The Morgan fingerprint density at radius 3 is 2.17 bits per heavy atom. The van der Waals surface area contributed by atoms with Crippen molar-refractivity contribution in [3.05, 3.63) is 29.8 Å². The van der Waals surface area contributed by atoms with Crippen molar-refractivity contribution in [2.75, 3.05) is 13.2 Å². The van der Waals surface area contributed by atoms with Gasteiger partial charge in [-0.05, 0) is 44.7 Å². The Balaban J connectivity index is 1.77. The molecule has 0 N–H and O–H groups in total. The Labute approximate surface area is 142 Å². The number of unbranched alkanes of at least 4 members (excludes halogenated alkanes) is 1. The van der Waals surface area contributed by atoms with Gasteiger partial charge in [0, 0.05) is 19.4 Å². The highest BCUT2D eigenvalue weighted by Gasteiger charge is 2.23. The molecular weight excluding hydrogens is 330 g/mol. The molecule has 0 atom stereocenters. The normalized spacial score (nSPS) is 16.3. The number of rotatable bonds is 7. The van der Waals surface area contributed by atoms with E-state index in [1.807, 2.05) is 6.92 Å². The summed E-state index contributed by atoms with van der Waals surface area (Å²) in [6, 6.07) is 6.46. The Morgan fingerprint density at radius 2 is 1.58 bits per heavy atom. The van der Waals surface area contributed by atoms with Crippen molar-refractivity contribution in [3.8, 4) is 0 Å². The molecule has 2 rings (SSSR count). The third-order valence-electron chi connectivity index (χ3n) is 3.96. The number of imide groups is 1. The van der Waals surface area contributed by atoms with Gasteiger partial charge < -0.3 is 0 Å². The number of benzene rings is 1. The summed E-state index contributed by atoms with van der Waals surface area (Å²) in [5, 5.41) is 0. The summed E-state index contributed by atoms with van der Waals surface area (Å²) in [6.07, 6.45) is 3.30. The molecule has 6 nitrogen and oxygen atoms in total. The van der Waals surface area contributed by atoms with Crippen LogP contribution in [0.15, 0.2) is 29.2 Å². The molecule has 132 valence electrons. The second kappa shape index (κ2) is 8.39. The van der Waals surface area contributed by atoms with Crippen molar-refractivity contribution in [1.29, 1.82) is 0 Å². The molecule has 1 saturated heterocycles. The summed E-state index contributed by atoms with van der Waals surface area (Å²) in [6.45, 7) is 2.24. The number of carbonyl (C=O) groups excluding carboxylic acids is 2. The Kier molecular flexibility index (Phi) is 6.51. The van der Waals surface area contributed by atoms with Gasteiger partial charge in [-0.3, -0.25) is 18.7 Å². The summed E-state index contributed by atoms with van der Waals surface area (Å²) in [7, 11) is -3.76. The van der Waals surface area contributed by atoms with Gasteiger partial charge in [-0.25, -0.2) is 0 Å². The van der Waals surface area contributed by atoms with Gasteiger partial charge in [-0.2, -0.15) is 8.42 Å². The van der Waals surface area contributed by atoms with Crippen LogP contribution >= 0.6 is 0 Å². The monoisotopic (exact) mass is 353 g/mol. The minimum Gasteiger partial charge on any atom is -0.283 e. The van der Waals surface area contributed by atoms with Gasteiger partial charge >= 0.3 is 0 Å². The third kappa shape index (κ3) is 5.14. The van der Waals surface area contributed by atoms with Crippen LogP contribution in [0.25, 0.3) is 0 Å². The van der Waals surface area contributed by atoms with E-state index in [1.165, 1.54) is 17.0 Å². The molecule has 1 aliphatic heterocycles. The first-order chi connectivity index (χ1) is 11.4. The second-order valence-electron chi connectivity index (χ2n) is 5.94. The summed E-state index contributed by atoms with van der Waals surface area (Å²) in [5.41, 5.74) is 0.973. The second-order valence-corrected chi connectivity index (χ2v) is 7.56. The number of hydrogen-bond acceptors (Lipinski definition) is 5. The number of aryl methyl sites for hydroxylation is 1. The maximum absolute atomic E-state index is 12.0. The molecule has 1 heterocycles. The van der Waals surface area contributed by atoms with Crippen LogP contribution in [0, 0.1) is 6.92 Å². The maximum Gasteiger partial charge on any atom is 0.296 e. The number of carbonyl (C=O) groups is 2. The van der Waals surface area contributed by atoms with Crippen LogP contribution in [-0.2, 0) is 23.9 Å². The lowest BCUT2D eigenvalue weighted by molar-refractivity contribution is -0.143. The smallest absolute Gasteiger partial charge is 0.283 e. The molecule has 0 aromatic heterocycles. The first kappa shape index (κ1) is 18.6. The zero-order valence-electron chi connectivity index (χ0n) is 13.9. The van der Waals surface area contributed by atoms with E-state index >= 15 is 0 Å². The SMILES string of the molecule is Cc1ccc(S(=O)(=O)OCCCCN2C(=O)CCCCC2=O)cc1. The van der Waals surface area contributed by atoms with Gasteiger partial charge in [0.25, 0.3) is 10.1 Å². The minimum absolute atomic E-state index is 0.0342. The van der Waals surface area contributed by atoms with Crippen molar-refractivity contribution in [2.45, 2.75) is 50.3 Å². The maximum atomic E-state index is 12.0. The predicted octanol–water partition coefficient (Wildman–Crippen LogP) is 2.41. The van der Waals surface area contributed by atoms with E-state index in [1.54, 1.807) is 12.1 Å². The van der Waals surface area contributed by atoms with Crippen LogP contribution in [0.1, 0.15) is 44.1 Å². The lowest BCUT2D eigenvalue weighted by Gasteiger charge is -2.18. The van der Waals surface area contributed by atoms with E-state index in [0.29, 0.717) is 32.2 Å². The van der Waals surface area contributed by atoms with E-state index in [4.69, 9.17) is 4.18 Å². The Morgan fingerprint density at radius 1 is 1.00 bits per heavy atom. The molecule has 0 aliphatic carbocycles. The fraction of sp³-hybridized carbons (Fsp3) is 0.529. The molecule has 1 aliphatic rings. The van der Waals surface area contributed by atoms with Crippen LogP contribution in [0.3, 0.4) is 0 Å². The van der Waals surface area contributed by atoms with Crippen molar-refractivity contribution in [1.82, 2.24) is 4.90 Å². The molecule has 0 unspecified atom stereocenters. The summed E-state index contributed by atoms with van der Waals surface area (Å²) in [5.74, 6) is -0.267. The molecule has 2 amide bonds. The topological polar surface area (TPSA) is 80.8 Å². The van der Waals surface area contributed by atoms with Gasteiger partial charge in [0.2, 0.25) is 11.8 Å². The highest BCUT2D eigenvalue weighted by Crippen LogP contribution is 2.15. The Bertz CT molecular complexity index is 663. The van der Waals surface area contributed by atoms with Crippen molar-refractivity contribution in [2.24, 2.45) is 0 Å². The molecule has 0 radical (unpaired) electrons. The minimum atomic E-state index is -3.76. The van der Waals surface area contributed by atoms with Gasteiger partial charge in [0.15, 0.2) is 0 Å². The van der Waals surface area contributed by atoms with E-state index in [0.717, 1.165) is 18.4 Å². The molecule has 0 bridgehead atoms. The highest BCUT2D eigenvalue weighted by molar-refractivity contribution is 7.86. The molecule has 1 aromatic carbocycles. The van der Waals surface area contributed by atoms with E-state index in [9.17, 15) is 18.0 Å². The van der Waals surface area contributed by atoms with Crippen LogP contribution in [0.5, 0.6) is 0 Å². The molecule has 1 aromatic rings.